The van der Waals surface area contributed by atoms with Gasteiger partial charge in [-0.2, -0.15) is 0 Å². The zero-order valence-corrected chi connectivity index (χ0v) is 8.94. The maximum absolute atomic E-state index is 13.0. The molecule has 0 unspecified atom stereocenters. The Labute approximate surface area is 93.4 Å². The van der Waals surface area contributed by atoms with Gasteiger partial charge in [0.05, 0.1) is 0 Å². The molecule has 1 aromatic heterocycles. The summed E-state index contributed by atoms with van der Waals surface area (Å²) in [6, 6.07) is 8.25. The first-order chi connectivity index (χ1) is 7.78. The summed E-state index contributed by atoms with van der Waals surface area (Å²) in [4.78, 5) is 8.41. The van der Waals surface area contributed by atoms with Gasteiger partial charge in [0.15, 0.2) is 0 Å². The number of anilines is 1. The van der Waals surface area contributed by atoms with Crippen LogP contribution in [0.25, 0.3) is 0 Å². The number of aromatic nitrogens is 2. The van der Waals surface area contributed by atoms with Crippen molar-refractivity contribution in [2.75, 3.05) is 12.4 Å². The molecule has 0 aliphatic heterocycles. The third-order valence-corrected chi connectivity index (χ3v) is 2.21. The van der Waals surface area contributed by atoms with E-state index >= 15 is 0 Å². The van der Waals surface area contributed by atoms with Crippen LogP contribution in [0.1, 0.15) is 11.4 Å². The second-order valence-electron chi connectivity index (χ2n) is 3.41. The third kappa shape index (κ3) is 2.53. The maximum atomic E-state index is 13.0. The maximum Gasteiger partial charge on any atom is 0.135 e. The van der Waals surface area contributed by atoms with Crippen LogP contribution in [-0.2, 0) is 6.42 Å². The summed E-state index contributed by atoms with van der Waals surface area (Å²) in [6.45, 7) is 0. The summed E-state index contributed by atoms with van der Waals surface area (Å²) >= 11 is 0. The van der Waals surface area contributed by atoms with Crippen molar-refractivity contribution < 1.29 is 4.39 Å². The van der Waals surface area contributed by atoms with Crippen LogP contribution in [0.5, 0.6) is 0 Å². The predicted molar refractivity (Wildman–Crippen MR) is 60.8 cm³/mol. The van der Waals surface area contributed by atoms with Gasteiger partial charge in [-0.1, -0.05) is 12.1 Å². The van der Waals surface area contributed by atoms with E-state index in [1.54, 1.807) is 25.4 Å². The molecule has 0 amide bonds. The fourth-order valence-electron chi connectivity index (χ4n) is 1.45. The number of nitrogens with one attached hydrogen (secondary N) is 1. The van der Waals surface area contributed by atoms with E-state index in [9.17, 15) is 4.39 Å². The average Bonchev–Trinajstić information content (AvgIpc) is 2.29. The van der Waals surface area contributed by atoms with Crippen molar-refractivity contribution in [3.8, 4) is 0 Å². The summed E-state index contributed by atoms with van der Waals surface area (Å²) in [6.07, 6.45) is 2.22. The minimum Gasteiger partial charge on any atom is -0.373 e. The zero-order valence-electron chi connectivity index (χ0n) is 8.94. The SMILES string of the molecule is CNc1ccnc(Cc2cccc(F)c2)n1. The molecule has 0 saturated heterocycles. The van der Waals surface area contributed by atoms with E-state index in [2.05, 4.69) is 15.3 Å². The quantitative estimate of drug-likeness (QED) is 0.856. The normalized spacial score (nSPS) is 10.1. The van der Waals surface area contributed by atoms with Gasteiger partial charge in [-0.25, -0.2) is 14.4 Å². The van der Waals surface area contributed by atoms with Crippen molar-refractivity contribution in [1.82, 2.24) is 9.97 Å². The molecular formula is C12H12FN3. The summed E-state index contributed by atoms with van der Waals surface area (Å²) in [5, 5.41) is 2.94. The van der Waals surface area contributed by atoms with Crippen molar-refractivity contribution in [1.29, 1.82) is 0 Å². The third-order valence-electron chi connectivity index (χ3n) is 2.21. The first kappa shape index (κ1) is 10.5. The van der Waals surface area contributed by atoms with Crippen LogP contribution in [-0.4, -0.2) is 17.0 Å². The monoisotopic (exact) mass is 217 g/mol. The van der Waals surface area contributed by atoms with Crippen LogP contribution in [0, 0.1) is 5.82 Å². The molecule has 2 aromatic rings. The lowest BCUT2D eigenvalue weighted by Crippen LogP contribution is -2.00. The van der Waals surface area contributed by atoms with Gasteiger partial charge in [0.2, 0.25) is 0 Å². The van der Waals surface area contributed by atoms with Gasteiger partial charge < -0.3 is 5.32 Å². The molecule has 1 aromatic carbocycles. The van der Waals surface area contributed by atoms with Gasteiger partial charge in [0.25, 0.3) is 0 Å². The molecule has 1 N–H and O–H groups in total. The molecule has 0 radical (unpaired) electrons. The molecule has 0 bridgehead atoms. The second kappa shape index (κ2) is 4.70. The van der Waals surface area contributed by atoms with Crippen LogP contribution in [0.15, 0.2) is 36.5 Å². The van der Waals surface area contributed by atoms with Gasteiger partial charge in [-0.3, -0.25) is 0 Å². The average molecular weight is 217 g/mol. The van der Waals surface area contributed by atoms with Crippen molar-refractivity contribution in [3.05, 3.63) is 53.7 Å². The summed E-state index contributed by atoms with van der Waals surface area (Å²) in [5.74, 6) is 1.21. The largest absolute Gasteiger partial charge is 0.373 e. The van der Waals surface area contributed by atoms with Crippen LogP contribution in [0.2, 0.25) is 0 Å². The number of halogens is 1. The number of hydrogen-bond donors (Lipinski definition) is 1. The Bertz CT molecular complexity index is 485. The fraction of sp³-hybridized carbons (Fsp3) is 0.167. The highest BCUT2D eigenvalue weighted by molar-refractivity contribution is 5.32. The van der Waals surface area contributed by atoms with Crippen molar-refractivity contribution in [3.63, 3.8) is 0 Å². The number of benzene rings is 1. The highest BCUT2D eigenvalue weighted by Crippen LogP contribution is 2.09. The zero-order chi connectivity index (χ0) is 11.4. The molecule has 4 heteroatoms. The van der Waals surface area contributed by atoms with Gasteiger partial charge in [0, 0.05) is 19.7 Å². The lowest BCUT2D eigenvalue weighted by atomic mass is 10.1. The molecule has 16 heavy (non-hydrogen) atoms. The molecule has 2 rings (SSSR count). The molecule has 1 heterocycles. The molecule has 0 saturated carbocycles. The molecule has 0 aliphatic rings. The summed E-state index contributed by atoms with van der Waals surface area (Å²) in [7, 11) is 1.80. The van der Waals surface area contributed by atoms with E-state index in [-0.39, 0.29) is 5.82 Å². The molecule has 3 nitrogen and oxygen atoms in total. The first-order valence-electron chi connectivity index (χ1n) is 5.02. The van der Waals surface area contributed by atoms with E-state index in [0.29, 0.717) is 12.2 Å². The van der Waals surface area contributed by atoms with Crippen LogP contribution in [0.3, 0.4) is 0 Å². The van der Waals surface area contributed by atoms with Crippen LogP contribution in [0.4, 0.5) is 10.2 Å². The van der Waals surface area contributed by atoms with Gasteiger partial charge in [0.1, 0.15) is 17.5 Å². The second-order valence-corrected chi connectivity index (χ2v) is 3.41. The van der Waals surface area contributed by atoms with Crippen molar-refractivity contribution in [2.45, 2.75) is 6.42 Å². The number of nitrogens with zero attached hydrogens (tertiary/aromatic N) is 2. The molecule has 82 valence electrons. The Kier molecular flexibility index (Phi) is 3.10. The molecular weight excluding hydrogens is 205 g/mol. The topological polar surface area (TPSA) is 37.8 Å². The number of rotatable bonds is 3. The van der Waals surface area contributed by atoms with E-state index in [4.69, 9.17) is 0 Å². The Morgan fingerprint density at radius 3 is 2.94 bits per heavy atom. The minimum absolute atomic E-state index is 0.234. The highest BCUT2D eigenvalue weighted by Gasteiger charge is 2.01. The Balaban J connectivity index is 2.20. The molecule has 0 fully saturated rings. The number of hydrogen-bond acceptors (Lipinski definition) is 3. The highest BCUT2D eigenvalue weighted by atomic mass is 19.1. The Morgan fingerprint density at radius 2 is 2.19 bits per heavy atom. The minimum atomic E-state index is -0.234. The van der Waals surface area contributed by atoms with E-state index < -0.39 is 0 Å². The Morgan fingerprint density at radius 1 is 1.31 bits per heavy atom. The summed E-state index contributed by atoms with van der Waals surface area (Å²) in [5.41, 5.74) is 0.869. The van der Waals surface area contributed by atoms with E-state index in [1.165, 1.54) is 12.1 Å². The van der Waals surface area contributed by atoms with E-state index in [1.807, 2.05) is 6.07 Å². The van der Waals surface area contributed by atoms with Gasteiger partial charge >= 0.3 is 0 Å². The summed E-state index contributed by atoms with van der Waals surface area (Å²) < 4.78 is 13.0. The van der Waals surface area contributed by atoms with Crippen LogP contribution < -0.4 is 5.32 Å². The van der Waals surface area contributed by atoms with E-state index in [0.717, 1.165) is 11.4 Å². The van der Waals surface area contributed by atoms with Gasteiger partial charge in [-0.15, -0.1) is 0 Å². The van der Waals surface area contributed by atoms with Gasteiger partial charge in [-0.05, 0) is 23.8 Å². The van der Waals surface area contributed by atoms with Crippen molar-refractivity contribution >= 4 is 5.82 Å². The Hall–Kier alpha value is -1.97. The molecule has 0 spiro atoms. The lowest BCUT2D eigenvalue weighted by molar-refractivity contribution is 0.626. The lowest BCUT2D eigenvalue weighted by Gasteiger charge is -2.03. The predicted octanol–water partition coefficient (Wildman–Crippen LogP) is 2.25. The van der Waals surface area contributed by atoms with Crippen LogP contribution >= 0.6 is 0 Å². The smallest absolute Gasteiger partial charge is 0.135 e. The fourth-order valence-corrected chi connectivity index (χ4v) is 1.45. The first-order valence-corrected chi connectivity index (χ1v) is 5.02. The molecule has 0 aliphatic carbocycles. The van der Waals surface area contributed by atoms with Crippen molar-refractivity contribution in [2.24, 2.45) is 0 Å². The molecule has 0 atom stereocenters. The standard InChI is InChI=1S/C12H12FN3/c1-14-11-5-6-15-12(16-11)8-9-3-2-4-10(13)7-9/h2-7H,8H2,1H3,(H,14,15,16).